The van der Waals surface area contributed by atoms with Crippen LogP contribution in [0.3, 0.4) is 0 Å². The van der Waals surface area contributed by atoms with Gasteiger partial charge in [0, 0.05) is 19.0 Å². The molecule has 3 N–H and O–H groups in total. The number of nitrogens with one attached hydrogen (secondary N) is 3. The molecule has 0 unspecified atom stereocenters. The molecule has 122 valence electrons. The second-order valence-electron chi connectivity index (χ2n) is 5.53. The standard InChI is InChI=1S/C17H27N3O2/c1-4-18-14(3)11-19-17(22)12-20-16(21)10-9-15-7-5-13(2)6-8-15/h5-8,14,18H,4,9-12H2,1-3H3,(H,19,22)(H,20,21)/t14-/m1/s1. The zero-order valence-corrected chi connectivity index (χ0v) is 13.7. The lowest BCUT2D eigenvalue weighted by atomic mass is 10.1. The van der Waals surface area contributed by atoms with Gasteiger partial charge in [-0.1, -0.05) is 36.8 Å². The summed E-state index contributed by atoms with van der Waals surface area (Å²) in [6.45, 7) is 7.52. The van der Waals surface area contributed by atoms with Gasteiger partial charge in [-0.15, -0.1) is 0 Å². The SMILES string of the molecule is CCN[C@H](C)CNC(=O)CNC(=O)CCc1ccc(C)cc1. The molecule has 0 aliphatic rings. The van der Waals surface area contributed by atoms with Crippen LogP contribution in [0, 0.1) is 6.92 Å². The molecule has 0 saturated carbocycles. The molecule has 22 heavy (non-hydrogen) atoms. The van der Waals surface area contributed by atoms with Crippen LogP contribution in [0.1, 0.15) is 31.4 Å². The molecule has 0 saturated heterocycles. The van der Waals surface area contributed by atoms with Crippen LogP contribution in [0.25, 0.3) is 0 Å². The maximum Gasteiger partial charge on any atom is 0.239 e. The van der Waals surface area contributed by atoms with Crippen molar-refractivity contribution in [3.8, 4) is 0 Å². The van der Waals surface area contributed by atoms with Gasteiger partial charge in [-0.3, -0.25) is 9.59 Å². The van der Waals surface area contributed by atoms with Gasteiger partial charge in [-0.25, -0.2) is 0 Å². The second kappa shape index (κ2) is 9.95. The maximum absolute atomic E-state index is 11.7. The average Bonchev–Trinajstić information content (AvgIpc) is 2.50. The van der Waals surface area contributed by atoms with Gasteiger partial charge < -0.3 is 16.0 Å². The highest BCUT2D eigenvalue weighted by molar-refractivity contribution is 5.84. The Hall–Kier alpha value is -1.88. The summed E-state index contributed by atoms with van der Waals surface area (Å²) in [7, 11) is 0. The topological polar surface area (TPSA) is 70.2 Å². The monoisotopic (exact) mass is 305 g/mol. The largest absolute Gasteiger partial charge is 0.353 e. The van der Waals surface area contributed by atoms with E-state index in [0.717, 1.165) is 12.1 Å². The van der Waals surface area contributed by atoms with E-state index in [2.05, 4.69) is 16.0 Å². The van der Waals surface area contributed by atoms with E-state index >= 15 is 0 Å². The van der Waals surface area contributed by atoms with Crippen LogP contribution in [0.4, 0.5) is 0 Å². The first-order valence-electron chi connectivity index (χ1n) is 7.83. The van der Waals surface area contributed by atoms with E-state index in [1.807, 2.05) is 45.0 Å². The van der Waals surface area contributed by atoms with Gasteiger partial charge in [0.05, 0.1) is 6.54 Å². The first-order chi connectivity index (χ1) is 10.5. The van der Waals surface area contributed by atoms with Crippen molar-refractivity contribution >= 4 is 11.8 Å². The first-order valence-corrected chi connectivity index (χ1v) is 7.83. The Bertz CT molecular complexity index is 471. The van der Waals surface area contributed by atoms with Crippen LogP contribution < -0.4 is 16.0 Å². The molecule has 1 aromatic rings. The predicted octanol–water partition coefficient (Wildman–Crippen LogP) is 1.16. The fourth-order valence-electron chi connectivity index (χ4n) is 2.03. The number of hydrogen-bond acceptors (Lipinski definition) is 3. The molecule has 5 nitrogen and oxygen atoms in total. The van der Waals surface area contributed by atoms with E-state index in [1.165, 1.54) is 5.56 Å². The second-order valence-corrected chi connectivity index (χ2v) is 5.53. The Morgan fingerprint density at radius 3 is 2.41 bits per heavy atom. The number of aryl methyl sites for hydroxylation is 2. The third-order valence-corrected chi connectivity index (χ3v) is 3.37. The summed E-state index contributed by atoms with van der Waals surface area (Å²) in [4.78, 5) is 23.3. The Kier molecular flexibility index (Phi) is 8.22. The van der Waals surface area contributed by atoms with E-state index < -0.39 is 0 Å². The average molecular weight is 305 g/mol. The van der Waals surface area contributed by atoms with Crippen molar-refractivity contribution in [2.75, 3.05) is 19.6 Å². The number of carbonyl (C=O) groups excluding carboxylic acids is 2. The van der Waals surface area contributed by atoms with Crippen molar-refractivity contribution in [3.05, 3.63) is 35.4 Å². The molecule has 1 atom stereocenters. The molecule has 0 aliphatic heterocycles. The summed E-state index contributed by atoms with van der Waals surface area (Å²) in [5.74, 6) is -0.260. The van der Waals surface area contributed by atoms with Gasteiger partial charge in [-0.2, -0.15) is 0 Å². The molecule has 2 amide bonds. The van der Waals surface area contributed by atoms with Crippen LogP contribution in [-0.2, 0) is 16.0 Å². The molecule has 5 heteroatoms. The Morgan fingerprint density at radius 1 is 1.09 bits per heavy atom. The summed E-state index contributed by atoms with van der Waals surface area (Å²) in [5.41, 5.74) is 2.33. The van der Waals surface area contributed by atoms with E-state index in [-0.39, 0.29) is 24.4 Å². The molecule has 0 radical (unpaired) electrons. The van der Waals surface area contributed by atoms with E-state index in [9.17, 15) is 9.59 Å². The quantitative estimate of drug-likeness (QED) is 0.641. The highest BCUT2D eigenvalue weighted by Gasteiger charge is 2.07. The molecule has 1 rings (SSSR count). The van der Waals surface area contributed by atoms with Gasteiger partial charge in [0.15, 0.2) is 0 Å². The van der Waals surface area contributed by atoms with Gasteiger partial charge in [0.25, 0.3) is 0 Å². The lowest BCUT2D eigenvalue weighted by molar-refractivity contribution is -0.126. The first kappa shape index (κ1) is 18.2. The third-order valence-electron chi connectivity index (χ3n) is 3.37. The third kappa shape index (κ3) is 7.78. The molecular formula is C17H27N3O2. The van der Waals surface area contributed by atoms with Crippen LogP contribution in [0.5, 0.6) is 0 Å². The normalized spacial score (nSPS) is 11.8. The summed E-state index contributed by atoms with van der Waals surface area (Å²) in [6.07, 6.45) is 1.08. The van der Waals surface area contributed by atoms with Crippen molar-refractivity contribution in [2.24, 2.45) is 0 Å². The minimum Gasteiger partial charge on any atom is -0.353 e. The Labute approximate surface area is 132 Å². The van der Waals surface area contributed by atoms with Crippen LogP contribution in [-0.4, -0.2) is 37.5 Å². The zero-order chi connectivity index (χ0) is 16.4. The summed E-state index contributed by atoms with van der Waals surface area (Å²) < 4.78 is 0. The molecule has 1 aromatic carbocycles. The maximum atomic E-state index is 11.7. The van der Waals surface area contributed by atoms with Crippen molar-refractivity contribution in [1.82, 2.24) is 16.0 Å². The highest BCUT2D eigenvalue weighted by atomic mass is 16.2. The van der Waals surface area contributed by atoms with E-state index in [1.54, 1.807) is 0 Å². The fraction of sp³-hybridized carbons (Fsp3) is 0.529. The number of carbonyl (C=O) groups is 2. The minimum atomic E-state index is -0.159. The number of amides is 2. The van der Waals surface area contributed by atoms with E-state index in [4.69, 9.17) is 0 Å². The Morgan fingerprint density at radius 2 is 1.77 bits per heavy atom. The summed E-state index contributed by atoms with van der Waals surface area (Å²) >= 11 is 0. The van der Waals surface area contributed by atoms with Crippen molar-refractivity contribution in [1.29, 1.82) is 0 Å². The number of benzene rings is 1. The fourth-order valence-corrected chi connectivity index (χ4v) is 2.03. The van der Waals surface area contributed by atoms with Crippen molar-refractivity contribution < 1.29 is 9.59 Å². The zero-order valence-electron chi connectivity index (χ0n) is 13.7. The predicted molar refractivity (Wildman–Crippen MR) is 88.7 cm³/mol. The van der Waals surface area contributed by atoms with Gasteiger partial charge in [-0.05, 0) is 32.4 Å². The van der Waals surface area contributed by atoms with Gasteiger partial charge in [0.2, 0.25) is 11.8 Å². The molecule has 0 spiro atoms. The molecular weight excluding hydrogens is 278 g/mol. The smallest absolute Gasteiger partial charge is 0.239 e. The number of likely N-dealkylation sites (N-methyl/N-ethyl adjacent to an activating group) is 1. The lowest BCUT2D eigenvalue weighted by Gasteiger charge is -2.13. The van der Waals surface area contributed by atoms with Crippen LogP contribution >= 0.6 is 0 Å². The van der Waals surface area contributed by atoms with Crippen LogP contribution in [0.2, 0.25) is 0 Å². The highest BCUT2D eigenvalue weighted by Crippen LogP contribution is 2.05. The minimum absolute atomic E-state index is 0.0333. The van der Waals surface area contributed by atoms with Crippen molar-refractivity contribution in [3.63, 3.8) is 0 Å². The summed E-state index contributed by atoms with van der Waals surface area (Å²) in [6, 6.07) is 8.35. The molecule has 0 aromatic heterocycles. The summed E-state index contributed by atoms with van der Waals surface area (Å²) in [5, 5.41) is 8.64. The molecule has 0 heterocycles. The molecule has 0 fully saturated rings. The van der Waals surface area contributed by atoms with Crippen molar-refractivity contribution in [2.45, 2.75) is 39.7 Å². The number of hydrogen-bond donors (Lipinski definition) is 3. The van der Waals surface area contributed by atoms with E-state index in [0.29, 0.717) is 19.4 Å². The Balaban J connectivity index is 2.17. The van der Waals surface area contributed by atoms with Gasteiger partial charge >= 0.3 is 0 Å². The lowest BCUT2D eigenvalue weighted by Crippen LogP contribution is -2.43. The van der Waals surface area contributed by atoms with Gasteiger partial charge in [0.1, 0.15) is 0 Å². The molecule has 0 bridgehead atoms. The van der Waals surface area contributed by atoms with Crippen LogP contribution in [0.15, 0.2) is 24.3 Å². The number of rotatable bonds is 9. The molecule has 0 aliphatic carbocycles.